The molecule has 3 rings (SSSR count). The topological polar surface area (TPSA) is 120 Å². The summed E-state index contributed by atoms with van der Waals surface area (Å²) in [6, 6.07) is 6.30. The quantitative estimate of drug-likeness (QED) is 0.526. The van der Waals surface area contributed by atoms with Crippen molar-refractivity contribution in [1.82, 2.24) is 15.2 Å². The summed E-state index contributed by atoms with van der Waals surface area (Å²) < 4.78 is 0. The largest absolute Gasteiger partial charge is 0.391 e. The third-order valence-corrected chi connectivity index (χ3v) is 6.98. The number of β-amino-alcohol motifs (C(OH)–C–C–N with tert-alkyl or cyclic N) is 1. The van der Waals surface area contributed by atoms with Crippen LogP contribution in [0.1, 0.15) is 51.8 Å². The number of hydrogen-bond acceptors (Lipinski definition) is 7. The average Bonchev–Trinajstić information content (AvgIpc) is 3.41. The zero-order chi connectivity index (χ0) is 25.0. The number of aliphatic hydroxyl groups excluding tert-OH is 2. The molecule has 1 aromatic heterocycles. The number of nitrogens with one attached hydrogen (secondary N) is 1. The number of Topliss-reactive ketones (excluding diaryl/α,β-unsaturated/α-hetero) is 1. The lowest BCUT2D eigenvalue weighted by Crippen LogP contribution is -2.56. The van der Waals surface area contributed by atoms with E-state index in [1.807, 2.05) is 45.0 Å². The number of carbonyl (C=O) groups excluding carboxylic acids is 3. The molecule has 2 heterocycles. The van der Waals surface area contributed by atoms with Gasteiger partial charge in [0.05, 0.1) is 34.8 Å². The molecule has 1 fully saturated rings. The molecule has 0 spiro atoms. The van der Waals surface area contributed by atoms with Crippen LogP contribution in [0.25, 0.3) is 10.4 Å². The van der Waals surface area contributed by atoms with Gasteiger partial charge in [-0.1, -0.05) is 45.0 Å². The molecule has 1 aliphatic rings. The number of carbonyl (C=O) groups is 3. The zero-order valence-corrected chi connectivity index (χ0v) is 20.9. The maximum Gasteiger partial charge on any atom is 0.246 e. The molecule has 9 heteroatoms. The van der Waals surface area contributed by atoms with Crippen molar-refractivity contribution in [2.45, 2.75) is 71.8 Å². The standard InChI is InChI=1S/C25H33N3O5S/c1-15(30)27-23(25(2,3)4)24(33)28-12-18(31)11-20(28)21(32)10-7-16-5-8-17(9-6-16)22-19(13-29)26-14-34-22/h5-6,8-9,14,18,20,23,29,31H,7,10-13H2,1-4H3,(H,27,30)/t18-,20+,23-/m1/s1. The van der Waals surface area contributed by atoms with Crippen LogP contribution < -0.4 is 5.32 Å². The molecule has 34 heavy (non-hydrogen) atoms. The summed E-state index contributed by atoms with van der Waals surface area (Å²) in [6.07, 6.45) is 0.187. The van der Waals surface area contributed by atoms with Gasteiger partial charge in [-0.2, -0.15) is 0 Å². The lowest BCUT2D eigenvalue weighted by atomic mass is 9.85. The lowest BCUT2D eigenvalue weighted by Gasteiger charge is -2.35. The number of amides is 2. The van der Waals surface area contributed by atoms with Crippen molar-refractivity contribution < 1.29 is 24.6 Å². The fraction of sp³-hybridized carbons (Fsp3) is 0.520. The molecule has 8 nitrogen and oxygen atoms in total. The van der Waals surface area contributed by atoms with Crippen molar-refractivity contribution in [3.05, 3.63) is 41.0 Å². The Kier molecular flexibility index (Phi) is 8.22. The number of thiazole rings is 1. The van der Waals surface area contributed by atoms with Crippen LogP contribution in [0.5, 0.6) is 0 Å². The Morgan fingerprint density at radius 2 is 1.91 bits per heavy atom. The second-order valence-corrected chi connectivity index (χ2v) is 10.7. The van der Waals surface area contributed by atoms with Crippen LogP contribution in [0.4, 0.5) is 0 Å². The summed E-state index contributed by atoms with van der Waals surface area (Å²) in [6.45, 7) is 6.89. The molecule has 1 saturated heterocycles. The Morgan fingerprint density at radius 1 is 1.24 bits per heavy atom. The summed E-state index contributed by atoms with van der Waals surface area (Å²) in [7, 11) is 0. The minimum Gasteiger partial charge on any atom is -0.391 e. The van der Waals surface area contributed by atoms with Gasteiger partial charge in [0, 0.05) is 26.3 Å². The molecule has 1 aliphatic heterocycles. The van der Waals surface area contributed by atoms with Crippen LogP contribution in [0.15, 0.2) is 29.8 Å². The van der Waals surface area contributed by atoms with Crippen molar-refractivity contribution >= 4 is 28.9 Å². The van der Waals surface area contributed by atoms with Gasteiger partial charge in [0.2, 0.25) is 11.8 Å². The lowest BCUT2D eigenvalue weighted by molar-refractivity contribution is -0.143. The molecule has 0 aliphatic carbocycles. The van der Waals surface area contributed by atoms with E-state index in [1.54, 1.807) is 5.51 Å². The highest BCUT2D eigenvalue weighted by molar-refractivity contribution is 7.13. The summed E-state index contributed by atoms with van der Waals surface area (Å²) in [5.74, 6) is -0.760. The minimum atomic E-state index is -0.784. The van der Waals surface area contributed by atoms with E-state index >= 15 is 0 Å². The number of aryl methyl sites for hydroxylation is 1. The van der Waals surface area contributed by atoms with Crippen molar-refractivity contribution in [1.29, 1.82) is 0 Å². The van der Waals surface area contributed by atoms with Crippen molar-refractivity contribution in [3.8, 4) is 10.4 Å². The molecule has 0 bridgehead atoms. The molecule has 184 valence electrons. The summed E-state index contributed by atoms with van der Waals surface area (Å²) in [4.78, 5) is 44.6. The number of ketones is 1. The maximum atomic E-state index is 13.3. The van der Waals surface area contributed by atoms with Crippen LogP contribution in [0.2, 0.25) is 0 Å². The summed E-state index contributed by atoms with van der Waals surface area (Å²) in [5, 5.41) is 22.4. The summed E-state index contributed by atoms with van der Waals surface area (Å²) in [5.41, 5.74) is 3.75. The van der Waals surface area contributed by atoms with E-state index in [4.69, 9.17) is 0 Å². The predicted octanol–water partition coefficient (Wildman–Crippen LogP) is 2.32. The van der Waals surface area contributed by atoms with Crippen molar-refractivity contribution in [2.24, 2.45) is 5.41 Å². The van der Waals surface area contributed by atoms with Gasteiger partial charge in [0.15, 0.2) is 5.78 Å². The zero-order valence-electron chi connectivity index (χ0n) is 20.1. The number of aliphatic hydroxyl groups is 2. The van der Waals surface area contributed by atoms with E-state index in [-0.39, 0.29) is 43.6 Å². The van der Waals surface area contributed by atoms with E-state index in [0.29, 0.717) is 12.1 Å². The monoisotopic (exact) mass is 487 g/mol. The number of likely N-dealkylation sites (tertiary alicyclic amines) is 1. The second kappa shape index (κ2) is 10.8. The van der Waals surface area contributed by atoms with E-state index in [0.717, 1.165) is 16.0 Å². The molecular weight excluding hydrogens is 454 g/mol. The third-order valence-electron chi connectivity index (χ3n) is 6.06. The molecule has 0 unspecified atom stereocenters. The Morgan fingerprint density at radius 3 is 2.50 bits per heavy atom. The average molecular weight is 488 g/mol. The fourth-order valence-electron chi connectivity index (χ4n) is 4.25. The highest BCUT2D eigenvalue weighted by atomic mass is 32.1. The number of hydrogen-bond donors (Lipinski definition) is 3. The van der Waals surface area contributed by atoms with Gasteiger partial charge in [0.1, 0.15) is 6.04 Å². The SMILES string of the molecule is CC(=O)N[C@H](C(=O)N1C[C@H](O)C[C@H]1C(=O)CCc1ccc(-c2scnc2CO)cc1)C(C)(C)C. The van der Waals surface area contributed by atoms with Gasteiger partial charge in [-0.05, 0) is 23.0 Å². The highest BCUT2D eigenvalue weighted by Gasteiger charge is 2.43. The van der Waals surface area contributed by atoms with E-state index in [9.17, 15) is 24.6 Å². The van der Waals surface area contributed by atoms with Crippen molar-refractivity contribution in [3.63, 3.8) is 0 Å². The Labute approximate surface area is 204 Å². The van der Waals surface area contributed by atoms with Gasteiger partial charge in [-0.15, -0.1) is 11.3 Å². The molecule has 2 amide bonds. The van der Waals surface area contributed by atoms with Crippen LogP contribution in [0.3, 0.4) is 0 Å². The first-order valence-corrected chi connectivity index (χ1v) is 12.3. The minimum absolute atomic E-state index is 0.0815. The van der Waals surface area contributed by atoms with Crippen LogP contribution >= 0.6 is 11.3 Å². The molecule has 2 aromatic rings. The van der Waals surface area contributed by atoms with E-state index in [1.165, 1.54) is 23.2 Å². The number of benzene rings is 1. The first kappa shape index (κ1) is 26.0. The van der Waals surface area contributed by atoms with Crippen molar-refractivity contribution in [2.75, 3.05) is 6.54 Å². The fourth-order valence-corrected chi connectivity index (χ4v) is 5.06. The normalized spacial score (nSPS) is 19.2. The Bertz CT molecular complexity index is 1030. The number of aromatic nitrogens is 1. The molecule has 0 saturated carbocycles. The second-order valence-electron chi connectivity index (χ2n) is 9.85. The highest BCUT2D eigenvalue weighted by Crippen LogP contribution is 2.29. The first-order chi connectivity index (χ1) is 16.0. The van der Waals surface area contributed by atoms with E-state index in [2.05, 4.69) is 10.3 Å². The van der Waals surface area contributed by atoms with Crippen LogP contribution in [0, 0.1) is 5.41 Å². The van der Waals surface area contributed by atoms with Gasteiger partial charge in [-0.25, -0.2) is 4.98 Å². The predicted molar refractivity (Wildman–Crippen MR) is 130 cm³/mol. The first-order valence-electron chi connectivity index (χ1n) is 11.4. The smallest absolute Gasteiger partial charge is 0.246 e. The Hall–Kier alpha value is -2.62. The third kappa shape index (κ3) is 6.08. The molecule has 0 radical (unpaired) electrons. The maximum absolute atomic E-state index is 13.3. The number of nitrogens with zero attached hydrogens (tertiary/aromatic N) is 2. The molecule has 1 aromatic carbocycles. The molecule has 3 atom stereocenters. The van der Waals surface area contributed by atoms with Gasteiger partial charge in [-0.3, -0.25) is 14.4 Å². The van der Waals surface area contributed by atoms with Gasteiger partial charge >= 0.3 is 0 Å². The van der Waals surface area contributed by atoms with Crippen LogP contribution in [-0.2, 0) is 27.4 Å². The Balaban J connectivity index is 1.67. The van der Waals surface area contributed by atoms with Crippen LogP contribution in [-0.4, -0.2) is 62.4 Å². The molecular formula is C25H33N3O5S. The van der Waals surface area contributed by atoms with Gasteiger partial charge < -0.3 is 20.4 Å². The summed E-state index contributed by atoms with van der Waals surface area (Å²) >= 11 is 1.47. The molecule has 3 N–H and O–H groups in total. The van der Waals surface area contributed by atoms with E-state index < -0.39 is 23.6 Å². The van der Waals surface area contributed by atoms with Gasteiger partial charge in [0.25, 0.3) is 0 Å². The number of rotatable bonds is 8.